The Labute approximate surface area is 603 Å². The van der Waals surface area contributed by atoms with Crippen molar-refractivity contribution >= 4 is 108 Å². The fourth-order valence-electron chi connectivity index (χ4n) is 15.5. The summed E-state index contributed by atoms with van der Waals surface area (Å²) in [6.45, 7) is 0. The van der Waals surface area contributed by atoms with Crippen molar-refractivity contribution in [2.24, 2.45) is 0 Å². The number of nitrogens with zero attached hydrogens (tertiary/aromatic N) is 7. The van der Waals surface area contributed by atoms with E-state index in [1.54, 1.807) is 0 Å². The first-order valence-electron chi connectivity index (χ1n) is 35.2. The minimum atomic E-state index is 0.589. The van der Waals surface area contributed by atoms with Crippen molar-refractivity contribution in [1.29, 1.82) is 0 Å². The zero-order chi connectivity index (χ0) is 68.6. The maximum Gasteiger partial charge on any atom is 0.238 e. The molecule has 0 saturated carbocycles. The van der Waals surface area contributed by atoms with Crippen LogP contribution in [0.5, 0.6) is 0 Å². The van der Waals surface area contributed by atoms with Crippen LogP contribution in [0.1, 0.15) is 0 Å². The number of hydrogen-bond acceptors (Lipinski definition) is 5. The quantitative estimate of drug-likeness (QED) is 0.137. The first-order chi connectivity index (χ1) is 51.6. The lowest BCUT2D eigenvalue weighted by Gasteiger charge is -2.14. The Morgan fingerprint density at radius 3 is 1.28 bits per heavy atom. The molecule has 0 N–H and O–H groups in total. The van der Waals surface area contributed by atoms with Crippen molar-refractivity contribution in [1.82, 2.24) is 33.6 Å². The van der Waals surface area contributed by atoms with E-state index >= 15 is 0 Å². The van der Waals surface area contributed by atoms with Crippen LogP contribution in [0, 0.1) is 0 Å². The second-order valence-corrected chi connectivity index (χ2v) is 27.5. The lowest BCUT2D eigenvalue weighted by Crippen LogP contribution is -2.06. The van der Waals surface area contributed by atoms with Gasteiger partial charge in [-0.15, -0.1) is 11.3 Å². The number of aromatic nitrogens is 7. The average molecular weight is 1340 g/mol. The molecule has 0 spiro atoms. The highest BCUT2D eigenvalue weighted by Gasteiger charge is 2.22. The number of hydrogen-bond donors (Lipinski definition) is 0. The van der Waals surface area contributed by atoms with E-state index in [2.05, 4.69) is 323 Å². The summed E-state index contributed by atoms with van der Waals surface area (Å²) in [7, 11) is 0. The summed E-state index contributed by atoms with van der Waals surface area (Å²) in [5, 5.41) is 11.0. The van der Waals surface area contributed by atoms with Crippen LogP contribution in [0.4, 0.5) is 0 Å². The fraction of sp³-hybridized carbons (Fsp3) is 0. The molecular formula is C96H61N7S. The topological polar surface area (TPSA) is 66.3 Å². The number of benzene rings is 15. The highest BCUT2D eigenvalue weighted by Crippen LogP contribution is 2.44. The van der Waals surface area contributed by atoms with E-state index in [0.29, 0.717) is 17.6 Å². The van der Waals surface area contributed by atoms with Crippen LogP contribution in [0.3, 0.4) is 0 Å². The van der Waals surface area contributed by atoms with Gasteiger partial charge in [-0.2, -0.15) is 9.97 Å². The molecule has 0 bridgehead atoms. The standard InChI is InChI=1S/C51H33N3.C45H28N4S/c1-3-14-34(15-4-1)35-16-13-17-38(30-35)43-33-51(52-46-23-10-7-20-40(43)46)54-48-25-12-9-22-42(48)45-32-37(27-29-50(45)54)36-26-28-49-44(31-36)41-21-8-11-24-47(41)53(49)39-18-5-2-6-19-39;1-3-13-29(14-4-1)43-46-44(30-15-5-2-6-16-30)48-45(47-43)49-39-23-9-7-19-35(39)36-26-25-32(28-40(36)49)31-17-11-18-33(27-31)34-21-12-22-38-37-20-8-10-24-41(37)50-42(34)38/h1-33H;1-28H. The Kier molecular flexibility index (Phi) is 14.6. The number of para-hydroxylation sites is 5. The van der Waals surface area contributed by atoms with Gasteiger partial charge in [0.15, 0.2) is 11.6 Å². The molecule has 0 fully saturated rings. The summed E-state index contributed by atoms with van der Waals surface area (Å²) in [6, 6.07) is 132. The third kappa shape index (κ3) is 10.4. The summed E-state index contributed by atoms with van der Waals surface area (Å²) in [5.74, 6) is 2.77. The van der Waals surface area contributed by atoms with Gasteiger partial charge in [0.25, 0.3) is 0 Å². The van der Waals surface area contributed by atoms with Gasteiger partial charge >= 0.3 is 0 Å². The van der Waals surface area contributed by atoms with E-state index in [1.807, 2.05) is 72.0 Å². The molecule has 0 unspecified atom stereocenters. The molecule has 7 nitrogen and oxygen atoms in total. The molecule has 21 rings (SSSR count). The van der Waals surface area contributed by atoms with Gasteiger partial charge in [0.2, 0.25) is 5.95 Å². The molecule has 104 heavy (non-hydrogen) atoms. The molecule has 6 heterocycles. The predicted molar refractivity (Wildman–Crippen MR) is 436 cm³/mol. The monoisotopic (exact) mass is 1340 g/mol. The van der Waals surface area contributed by atoms with Gasteiger partial charge < -0.3 is 4.57 Å². The zero-order valence-electron chi connectivity index (χ0n) is 56.3. The van der Waals surface area contributed by atoms with Crippen molar-refractivity contribution in [2.75, 3.05) is 0 Å². The highest BCUT2D eigenvalue weighted by atomic mass is 32.1. The third-order valence-corrected chi connectivity index (χ3v) is 21.6. The molecule has 0 amide bonds. The van der Waals surface area contributed by atoms with Crippen molar-refractivity contribution in [3.63, 3.8) is 0 Å². The lowest BCUT2D eigenvalue weighted by atomic mass is 9.96. The molecule has 6 aromatic heterocycles. The number of thiophene rings is 1. The number of fused-ring (bicyclic) bond motifs is 13. The smallest absolute Gasteiger partial charge is 0.238 e. The largest absolute Gasteiger partial charge is 0.309 e. The van der Waals surface area contributed by atoms with Crippen LogP contribution in [0.2, 0.25) is 0 Å². The first-order valence-corrected chi connectivity index (χ1v) is 36.0. The van der Waals surface area contributed by atoms with E-state index in [9.17, 15) is 0 Å². The molecule has 21 aromatic rings. The van der Waals surface area contributed by atoms with Gasteiger partial charge in [0.1, 0.15) is 5.82 Å². The van der Waals surface area contributed by atoms with E-state index in [1.165, 1.54) is 103 Å². The molecule has 0 atom stereocenters. The summed E-state index contributed by atoms with van der Waals surface area (Å²) in [4.78, 5) is 20.5. The minimum Gasteiger partial charge on any atom is -0.309 e. The molecule has 0 aliphatic rings. The Morgan fingerprint density at radius 2 is 0.635 bits per heavy atom. The van der Waals surface area contributed by atoms with Crippen LogP contribution >= 0.6 is 11.3 Å². The molecular weight excluding hydrogens is 1280 g/mol. The zero-order valence-corrected chi connectivity index (χ0v) is 57.1. The molecule has 0 aliphatic heterocycles. The van der Waals surface area contributed by atoms with Crippen LogP contribution < -0.4 is 0 Å². The fourth-order valence-corrected chi connectivity index (χ4v) is 16.8. The van der Waals surface area contributed by atoms with E-state index in [-0.39, 0.29) is 0 Å². The van der Waals surface area contributed by atoms with Gasteiger partial charge in [-0.1, -0.05) is 279 Å². The van der Waals surface area contributed by atoms with Gasteiger partial charge in [0.05, 0.1) is 38.6 Å². The molecule has 8 heteroatoms. The van der Waals surface area contributed by atoms with Gasteiger partial charge in [0, 0.05) is 74.7 Å². The number of rotatable bonds is 10. The first kappa shape index (κ1) is 60.3. The molecule has 0 saturated heterocycles. The van der Waals surface area contributed by atoms with Crippen molar-refractivity contribution in [2.45, 2.75) is 0 Å². The van der Waals surface area contributed by atoms with Crippen molar-refractivity contribution < 1.29 is 0 Å². The maximum absolute atomic E-state index is 5.32. The number of pyridine rings is 1. The third-order valence-electron chi connectivity index (χ3n) is 20.4. The second-order valence-electron chi connectivity index (χ2n) is 26.5. The van der Waals surface area contributed by atoms with E-state index in [4.69, 9.17) is 19.9 Å². The summed E-state index contributed by atoms with van der Waals surface area (Å²) in [6.07, 6.45) is 0. The van der Waals surface area contributed by atoms with Crippen LogP contribution in [-0.4, -0.2) is 33.6 Å². The summed E-state index contributed by atoms with van der Waals surface area (Å²) < 4.78 is 9.53. The summed E-state index contributed by atoms with van der Waals surface area (Å²) >= 11 is 1.87. The van der Waals surface area contributed by atoms with Crippen molar-refractivity contribution in [3.8, 4) is 95.9 Å². The Hall–Kier alpha value is -13.7. The predicted octanol–water partition coefficient (Wildman–Crippen LogP) is 25.4. The van der Waals surface area contributed by atoms with Crippen molar-refractivity contribution in [3.05, 3.63) is 370 Å². The molecule has 486 valence electrons. The van der Waals surface area contributed by atoms with Crippen LogP contribution in [0.25, 0.3) is 192 Å². The van der Waals surface area contributed by atoms with Crippen LogP contribution in [0.15, 0.2) is 370 Å². The minimum absolute atomic E-state index is 0.589. The second kappa shape index (κ2) is 25.2. The normalized spacial score (nSPS) is 11.7. The average Bonchev–Trinajstić information content (AvgIpc) is 1.60. The van der Waals surface area contributed by atoms with Gasteiger partial charge in [-0.05, 0) is 147 Å². The molecule has 0 radical (unpaired) electrons. The Bertz CT molecular complexity index is 6850. The van der Waals surface area contributed by atoms with Gasteiger partial charge in [-0.25, -0.2) is 9.97 Å². The molecule has 15 aromatic carbocycles. The Balaban J connectivity index is 0.000000139. The van der Waals surface area contributed by atoms with Crippen LogP contribution in [-0.2, 0) is 0 Å². The van der Waals surface area contributed by atoms with E-state index in [0.717, 1.165) is 71.8 Å². The SMILES string of the molecule is c1ccc(-c2cccc(-c3cc(-n4c5ccccc5c5cc(-c6ccc7c(c6)c6ccccc6n7-c6ccccc6)ccc54)nc4ccccc34)c2)cc1.c1ccc(-c2nc(-c3ccccc3)nc(-n3c4ccccc4c4ccc(-c5cccc(-c6cccc7c6sc6ccccc67)c5)cc43)n2)cc1. The lowest BCUT2D eigenvalue weighted by molar-refractivity contribution is 0.953. The Morgan fingerprint density at radius 1 is 0.212 bits per heavy atom. The maximum atomic E-state index is 5.32. The molecule has 0 aliphatic carbocycles. The van der Waals surface area contributed by atoms with Gasteiger partial charge in [-0.3, -0.25) is 9.13 Å². The highest BCUT2D eigenvalue weighted by molar-refractivity contribution is 7.26. The summed E-state index contributed by atoms with van der Waals surface area (Å²) in [5.41, 5.74) is 22.7. The van der Waals surface area contributed by atoms with E-state index < -0.39 is 0 Å².